The summed E-state index contributed by atoms with van der Waals surface area (Å²) in [5, 5.41) is 11.8. The van der Waals surface area contributed by atoms with Crippen LogP contribution in [-0.4, -0.2) is 23.7 Å². The molecule has 1 heterocycles. The number of aliphatic hydroxyl groups is 1. The minimum atomic E-state index is -0.391. The second-order valence-electron chi connectivity index (χ2n) is 3.72. The number of amides is 1. The summed E-state index contributed by atoms with van der Waals surface area (Å²) in [5.74, 6) is 1.21. The third kappa shape index (κ3) is 3.40. The number of carbonyl (C=O) groups is 1. The number of nitrogens with one attached hydrogen (secondary N) is 1. The van der Waals surface area contributed by atoms with Gasteiger partial charge in [0.1, 0.15) is 11.5 Å². The molecule has 0 spiro atoms. The fourth-order valence-corrected chi connectivity index (χ4v) is 1.35. The highest BCUT2D eigenvalue weighted by atomic mass is 16.3. The number of hydrogen-bond donors (Lipinski definition) is 2. The van der Waals surface area contributed by atoms with Crippen molar-refractivity contribution in [3.63, 3.8) is 0 Å². The van der Waals surface area contributed by atoms with Crippen molar-refractivity contribution in [1.29, 1.82) is 0 Å². The predicted octanol–water partition coefficient (Wildman–Crippen LogP) is 1.40. The van der Waals surface area contributed by atoms with Crippen LogP contribution in [-0.2, 0) is 0 Å². The van der Waals surface area contributed by atoms with Crippen molar-refractivity contribution in [2.45, 2.75) is 33.3 Å². The molecule has 84 valence electrons. The molecule has 1 aromatic heterocycles. The molecule has 2 N–H and O–H groups in total. The third-order valence-corrected chi connectivity index (χ3v) is 2.13. The Labute approximate surface area is 89.3 Å². The monoisotopic (exact) mass is 211 g/mol. The summed E-state index contributed by atoms with van der Waals surface area (Å²) in [6.45, 7) is 5.73. The van der Waals surface area contributed by atoms with Gasteiger partial charge in [0.25, 0.3) is 5.91 Å². The zero-order chi connectivity index (χ0) is 11.4. The van der Waals surface area contributed by atoms with Crippen LogP contribution in [0.25, 0.3) is 0 Å². The summed E-state index contributed by atoms with van der Waals surface area (Å²) < 4.78 is 5.25. The van der Waals surface area contributed by atoms with E-state index in [1.807, 2.05) is 0 Å². The lowest BCUT2D eigenvalue weighted by atomic mass is 10.2. The largest absolute Gasteiger partial charge is 0.466 e. The fraction of sp³-hybridized carbons (Fsp3) is 0.545. The Morgan fingerprint density at radius 1 is 1.60 bits per heavy atom. The van der Waals surface area contributed by atoms with Crippen LogP contribution in [0, 0.1) is 13.8 Å². The second kappa shape index (κ2) is 4.98. The average Bonchev–Trinajstić information content (AvgIpc) is 2.44. The van der Waals surface area contributed by atoms with Gasteiger partial charge in [0.15, 0.2) is 0 Å². The van der Waals surface area contributed by atoms with E-state index in [1.165, 1.54) is 0 Å². The van der Waals surface area contributed by atoms with Crippen LogP contribution in [0.2, 0.25) is 0 Å². The van der Waals surface area contributed by atoms with E-state index >= 15 is 0 Å². The van der Waals surface area contributed by atoms with Crippen LogP contribution in [0.3, 0.4) is 0 Å². The number of furan rings is 1. The average molecular weight is 211 g/mol. The van der Waals surface area contributed by atoms with Gasteiger partial charge in [0.05, 0.1) is 11.7 Å². The topological polar surface area (TPSA) is 62.5 Å². The van der Waals surface area contributed by atoms with E-state index < -0.39 is 6.10 Å². The molecule has 1 aromatic rings. The Morgan fingerprint density at radius 3 is 2.73 bits per heavy atom. The van der Waals surface area contributed by atoms with Gasteiger partial charge < -0.3 is 14.8 Å². The summed E-state index contributed by atoms with van der Waals surface area (Å²) >= 11 is 0. The number of carbonyl (C=O) groups excluding carboxylic acids is 1. The zero-order valence-corrected chi connectivity index (χ0v) is 9.33. The molecular weight excluding hydrogens is 194 g/mol. The van der Waals surface area contributed by atoms with Crippen LogP contribution in [0.4, 0.5) is 0 Å². The first kappa shape index (κ1) is 11.8. The van der Waals surface area contributed by atoms with Crippen molar-refractivity contribution in [1.82, 2.24) is 5.32 Å². The molecule has 0 aromatic carbocycles. The molecule has 1 rings (SSSR count). The number of rotatable bonds is 4. The fourth-order valence-electron chi connectivity index (χ4n) is 1.35. The maximum absolute atomic E-state index is 11.6. The smallest absolute Gasteiger partial charge is 0.254 e. The molecule has 0 fully saturated rings. The van der Waals surface area contributed by atoms with Crippen LogP contribution in [0.5, 0.6) is 0 Å². The molecule has 15 heavy (non-hydrogen) atoms. The van der Waals surface area contributed by atoms with Crippen molar-refractivity contribution in [3.05, 3.63) is 23.2 Å². The van der Waals surface area contributed by atoms with E-state index in [4.69, 9.17) is 9.52 Å². The van der Waals surface area contributed by atoms with Crippen molar-refractivity contribution in [2.75, 3.05) is 6.54 Å². The third-order valence-electron chi connectivity index (χ3n) is 2.13. The van der Waals surface area contributed by atoms with Crippen molar-refractivity contribution >= 4 is 5.91 Å². The normalized spacial score (nSPS) is 12.5. The molecule has 0 aliphatic carbocycles. The Hall–Kier alpha value is -1.29. The van der Waals surface area contributed by atoms with Gasteiger partial charge in [-0.2, -0.15) is 0 Å². The first-order valence-corrected chi connectivity index (χ1v) is 5.04. The lowest BCUT2D eigenvalue weighted by Gasteiger charge is -2.05. The summed E-state index contributed by atoms with van der Waals surface area (Å²) in [6.07, 6.45) is 0.166. The van der Waals surface area contributed by atoms with Crippen LogP contribution >= 0.6 is 0 Å². The lowest BCUT2D eigenvalue weighted by Crippen LogP contribution is -2.26. The van der Waals surface area contributed by atoms with E-state index in [1.54, 1.807) is 26.8 Å². The van der Waals surface area contributed by atoms with Gasteiger partial charge in [-0.3, -0.25) is 4.79 Å². The highest BCUT2D eigenvalue weighted by Gasteiger charge is 2.12. The Morgan fingerprint density at radius 2 is 2.27 bits per heavy atom. The molecule has 0 radical (unpaired) electrons. The molecule has 1 amide bonds. The molecule has 0 saturated heterocycles. The number of aliphatic hydroxyl groups excluding tert-OH is 1. The molecule has 0 saturated carbocycles. The minimum Gasteiger partial charge on any atom is -0.466 e. The molecule has 1 atom stereocenters. The maximum Gasteiger partial charge on any atom is 0.254 e. The van der Waals surface area contributed by atoms with Gasteiger partial charge in [-0.25, -0.2) is 0 Å². The van der Waals surface area contributed by atoms with Gasteiger partial charge in [-0.15, -0.1) is 0 Å². The van der Waals surface area contributed by atoms with Crippen LogP contribution < -0.4 is 5.32 Å². The SMILES string of the molecule is Cc1cc(C(=O)NCCC(C)O)c(C)o1. The Bertz CT molecular complexity index is 342. The van der Waals surface area contributed by atoms with Crippen molar-refractivity contribution in [2.24, 2.45) is 0 Å². The minimum absolute atomic E-state index is 0.148. The van der Waals surface area contributed by atoms with Gasteiger partial charge >= 0.3 is 0 Å². The van der Waals surface area contributed by atoms with Crippen molar-refractivity contribution < 1.29 is 14.3 Å². The van der Waals surface area contributed by atoms with E-state index in [2.05, 4.69) is 5.32 Å². The number of hydrogen-bond acceptors (Lipinski definition) is 3. The van der Waals surface area contributed by atoms with Gasteiger partial charge in [0, 0.05) is 6.54 Å². The first-order chi connectivity index (χ1) is 7.00. The molecule has 0 bridgehead atoms. The van der Waals surface area contributed by atoms with Crippen LogP contribution in [0.1, 0.15) is 35.2 Å². The molecule has 1 unspecified atom stereocenters. The number of aryl methyl sites for hydroxylation is 2. The summed E-state index contributed by atoms with van der Waals surface area (Å²) in [4.78, 5) is 11.6. The zero-order valence-electron chi connectivity index (χ0n) is 9.33. The van der Waals surface area contributed by atoms with E-state index in [9.17, 15) is 4.79 Å². The van der Waals surface area contributed by atoms with Gasteiger partial charge in [0.2, 0.25) is 0 Å². The van der Waals surface area contributed by atoms with Gasteiger partial charge in [-0.05, 0) is 33.3 Å². The Balaban J connectivity index is 2.50. The summed E-state index contributed by atoms with van der Waals surface area (Å²) in [5.41, 5.74) is 0.568. The molecule has 4 heteroatoms. The second-order valence-corrected chi connectivity index (χ2v) is 3.72. The summed E-state index contributed by atoms with van der Waals surface area (Å²) in [6, 6.07) is 1.72. The first-order valence-electron chi connectivity index (χ1n) is 5.04. The Kier molecular flexibility index (Phi) is 3.91. The molecule has 0 aliphatic rings. The molecular formula is C11H17NO3. The molecule has 0 aliphatic heterocycles. The summed E-state index contributed by atoms with van der Waals surface area (Å²) in [7, 11) is 0. The van der Waals surface area contributed by atoms with Gasteiger partial charge in [-0.1, -0.05) is 0 Å². The molecule has 4 nitrogen and oxygen atoms in total. The van der Waals surface area contributed by atoms with E-state index in [0.717, 1.165) is 5.76 Å². The maximum atomic E-state index is 11.6. The standard InChI is InChI=1S/C11H17NO3/c1-7(13)4-5-12-11(14)10-6-8(2)15-9(10)3/h6-7,13H,4-5H2,1-3H3,(H,12,14). The highest BCUT2D eigenvalue weighted by molar-refractivity contribution is 5.95. The van der Waals surface area contributed by atoms with E-state index in [-0.39, 0.29) is 5.91 Å². The highest BCUT2D eigenvalue weighted by Crippen LogP contribution is 2.13. The quantitative estimate of drug-likeness (QED) is 0.791. The van der Waals surface area contributed by atoms with Crippen LogP contribution in [0.15, 0.2) is 10.5 Å². The van der Waals surface area contributed by atoms with Crippen molar-refractivity contribution in [3.8, 4) is 0 Å². The van der Waals surface area contributed by atoms with E-state index in [0.29, 0.717) is 24.3 Å². The predicted molar refractivity (Wildman–Crippen MR) is 56.8 cm³/mol. The lowest BCUT2D eigenvalue weighted by molar-refractivity contribution is 0.0944.